The minimum Gasteiger partial charge on any atom is -0.330 e. The Labute approximate surface area is 115 Å². The van der Waals surface area contributed by atoms with Crippen LogP contribution in [-0.4, -0.2) is 44.2 Å². The summed E-state index contributed by atoms with van der Waals surface area (Å²) < 4.78 is 1.96. The zero-order chi connectivity index (χ0) is 13.5. The van der Waals surface area contributed by atoms with Gasteiger partial charge in [-0.05, 0) is 49.2 Å². The van der Waals surface area contributed by atoms with Crippen LogP contribution in [0.2, 0.25) is 0 Å². The molecule has 0 aromatic carbocycles. The number of likely N-dealkylation sites (tertiary alicyclic amines) is 1. The lowest BCUT2D eigenvalue weighted by Gasteiger charge is -2.35. The third-order valence-corrected chi connectivity index (χ3v) is 3.92. The molecule has 1 aromatic rings. The first-order valence-electron chi connectivity index (χ1n) is 7.54. The monoisotopic (exact) mass is 266 g/mol. The summed E-state index contributed by atoms with van der Waals surface area (Å²) in [6.45, 7) is 5.88. The molecule has 0 saturated carbocycles. The van der Waals surface area contributed by atoms with E-state index in [1.165, 1.54) is 25.7 Å². The standard InChI is InChI=1S/C13H26N6/c1-2-3-10-19-13(15-16-17-19)11-18-9-5-4-6-12(18)7-8-14/h12H,2-11,14H2,1H3. The molecular weight excluding hydrogens is 240 g/mol. The van der Waals surface area contributed by atoms with Crippen molar-refractivity contribution in [3.8, 4) is 0 Å². The summed E-state index contributed by atoms with van der Waals surface area (Å²) in [4.78, 5) is 2.50. The molecule has 0 radical (unpaired) electrons. The van der Waals surface area contributed by atoms with Crippen LogP contribution in [0.1, 0.15) is 51.3 Å². The van der Waals surface area contributed by atoms with Gasteiger partial charge in [0.1, 0.15) is 0 Å². The van der Waals surface area contributed by atoms with E-state index in [0.717, 1.165) is 44.8 Å². The maximum absolute atomic E-state index is 5.72. The van der Waals surface area contributed by atoms with Crippen molar-refractivity contribution in [3.63, 3.8) is 0 Å². The molecule has 1 saturated heterocycles. The first-order chi connectivity index (χ1) is 9.35. The fourth-order valence-electron chi connectivity index (χ4n) is 2.79. The van der Waals surface area contributed by atoms with Gasteiger partial charge in [0.05, 0.1) is 6.54 Å². The molecule has 6 nitrogen and oxygen atoms in total. The number of rotatable bonds is 7. The SMILES string of the molecule is CCCCn1nnnc1CN1CCCCC1CCN. The quantitative estimate of drug-likeness (QED) is 0.802. The van der Waals surface area contributed by atoms with Crippen LogP contribution < -0.4 is 5.73 Å². The number of nitrogens with two attached hydrogens (primary N) is 1. The van der Waals surface area contributed by atoms with Crippen LogP contribution in [0.5, 0.6) is 0 Å². The van der Waals surface area contributed by atoms with Crippen LogP contribution >= 0.6 is 0 Å². The van der Waals surface area contributed by atoms with Crippen molar-refractivity contribution in [2.75, 3.05) is 13.1 Å². The average molecular weight is 266 g/mol. The lowest BCUT2D eigenvalue weighted by atomic mass is 9.99. The molecule has 1 fully saturated rings. The summed E-state index contributed by atoms with van der Waals surface area (Å²) in [7, 11) is 0. The molecule has 0 amide bonds. The van der Waals surface area contributed by atoms with E-state index < -0.39 is 0 Å². The van der Waals surface area contributed by atoms with Gasteiger partial charge in [-0.1, -0.05) is 19.8 Å². The molecule has 1 aromatic heterocycles. The molecule has 1 aliphatic rings. The number of hydrogen-bond donors (Lipinski definition) is 1. The highest BCUT2D eigenvalue weighted by Gasteiger charge is 2.23. The van der Waals surface area contributed by atoms with Crippen molar-refractivity contribution >= 4 is 0 Å². The molecule has 1 unspecified atom stereocenters. The third kappa shape index (κ3) is 3.98. The van der Waals surface area contributed by atoms with Gasteiger partial charge in [0, 0.05) is 12.6 Å². The number of aryl methyl sites for hydroxylation is 1. The molecular formula is C13H26N6. The van der Waals surface area contributed by atoms with Crippen molar-refractivity contribution in [1.82, 2.24) is 25.1 Å². The van der Waals surface area contributed by atoms with E-state index in [1.807, 2.05) is 4.68 Å². The fraction of sp³-hybridized carbons (Fsp3) is 0.923. The predicted molar refractivity (Wildman–Crippen MR) is 74.4 cm³/mol. The van der Waals surface area contributed by atoms with E-state index in [2.05, 4.69) is 27.3 Å². The van der Waals surface area contributed by atoms with Gasteiger partial charge in [-0.15, -0.1) is 5.10 Å². The van der Waals surface area contributed by atoms with Crippen LogP contribution in [0.25, 0.3) is 0 Å². The first kappa shape index (κ1) is 14.4. The topological polar surface area (TPSA) is 72.9 Å². The predicted octanol–water partition coefficient (Wildman–Crippen LogP) is 1.18. The number of aromatic nitrogens is 4. The highest BCUT2D eigenvalue weighted by molar-refractivity contribution is 4.86. The zero-order valence-corrected chi connectivity index (χ0v) is 12.0. The van der Waals surface area contributed by atoms with Crippen LogP contribution in [0.15, 0.2) is 0 Å². The molecule has 0 aliphatic carbocycles. The van der Waals surface area contributed by atoms with Gasteiger partial charge in [0.25, 0.3) is 0 Å². The number of unbranched alkanes of at least 4 members (excludes halogenated alkanes) is 1. The van der Waals surface area contributed by atoms with E-state index in [1.54, 1.807) is 0 Å². The lowest BCUT2D eigenvalue weighted by Crippen LogP contribution is -2.40. The molecule has 1 atom stereocenters. The van der Waals surface area contributed by atoms with Crippen molar-refractivity contribution < 1.29 is 0 Å². The van der Waals surface area contributed by atoms with Crippen molar-refractivity contribution in [2.45, 2.75) is 64.6 Å². The van der Waals surface area contributed by atoms with Gasteiger partial charge in [-0.2, -0.15) is 0 Å². The Morgan fingerprint density at radius 3 is 3.05 bits per heavy atom. The molecule has 2 heterocycles. The molecule has 0 spiro atoms. The number of hydrogen-bond acceptors (Lipinski definition) is 5. The van der Waals surface area contributed by atoms with Crippen LogP contribution in [0.3, 0.4) is 0 Å². The highest BCUT2D eigenvalue weighted by atomic mass is 15.5. The van der Waals surface area contributed by atoms with Crippen LogP contribution in [0.4, 0.5) is 0 Å². The Hall–Kier alpha value is -1.01. The van der Waals surface area contributed by atoms with Gasteiger partial charge in [0.15, 0.2) is 5.82 Å². The smallest absolute Gasteiger partial charge is 0.165 e. The van der Waals surface area contributed by atoms with E-state index in [0.29, 0.717) is 6.04 Å². The Morgan fingerprint density at radius 2 is 2.26 bits per heavy atom. The van der Waals surface area contributed by atoms with Crippen molar-refractivity contribution in [1.29, 1.82) is 0 Å². The minimum absolute atomic E-state index is 0.607. The average Bonchev–Trinajstić information content (AvgIpc) is 2.86. The minimum atomic E-state index is 0.607. The summed E-state index contributed by atoms with van der Waals surface area (Å²) in [5.41, 5.74) is 5.72. The number of nitrogens with zero attached hydrogens (tertiary/aromatic N) is 5. The van der Waals surface area contributed by atoms with Gasteiger partial charge in [-0.3, -0.25) is 4.90 Å². The maximum Gasteiger partial charge on any atom is 0.165 e. The maximum atomic E-state index is 5.72. The summed E-state index contributed by atoms with van der Waals surface area (Å²) in [5, 5.41) is 12.1. The number of piperidine rings is 1. The van der Waals surface area contributed by atoms with Gasteiger partial charge in [0.2, 0.25) is 0 Å². The van der Waals surface area contributed by atoms with E-state index >= 15 is 0 Å². The first-order valence-corrected chi connectivity index (χ1v) is 7.54. The lowest BCUT2D eigenvalue weighted by molar-refractivity contribution is 0.128. The van der Waals surface area contributed by atoms with Gasteiger partial charge < -0.3 is 5.73 Å². The van der Waals surface area contributed by atoms with Crippen LogP contribution in [0, 0.1) is 0 Å². The molecule has 2 rings (SSSR count). The molecule has 0 bridgehead atoms. The molecule has 108 valence electrons. The Bertz CT molecular complexity index is 362. The second kappa shape index (κ2) is 7.55. The molecule has 1 aliphatic heterocycles. The second-order valence-corrected chi connectivity index (χ2v) is 5.37. The second-order valence-electron chi connectivity index (χ2n) is 5.37. The zero-order valence-electron chi connectivity index (χ0n) is 12.0. The van der Waals surface area contributed by atoms with E-state index in [-0.39, 0.29) is 0 Å². The van der Waals surface area contributed by atoms with E-state index in [4.69, 9.17) is 5.73 Å². The fourth-order valence-corrected chi connectivity index (χ4v) is 2.79. The van der Waals surface area contributed by atoms with Gasteiger partial charge >= 0.3 is 0 Å². The number of tetrazole rings is 1. The van der Waals surface area contributed by atoms with Crippen LogP contribution in [-0.2, 0) is 13.1 Å². The van der Waals surface area contributed by atoms with E-state index in [9.17, 15) is 0 Å². The summed E-state index contributed by atoms with van der Waals surface area (Å²) in [6.07, 6.45) is 7.23. The highest BCUT2D eigenvalue weighted by Crippen LogP contribution is 2.20. The summed E-state index contributed by atoms with van der Waals surface area (Å²) in [6, 6.07) is 0.607. The molecule has 2 N–H and O–H groups in total. The Balaban J connectivity index is 1.96. The molecule has 6 heteroatoms. The largest absolute Gasteiger partial charge is 0.330 e. The Kier molecular flexibility index (Phi) is 5.72. The Morgan fingerprint density at radius 1 is 1.37 bits per heavy atom. The normalized spacial score (nSPS) is 20.8. The van der Waals surface area contributed by atoms with Crippen molar-refractivity contribution in [3.05, 3.63) is 5.82 Å². The summed E-state index contributed by atoms with van der Waals surface area (Å²) in [5.74, 6) is 0.998. The third-order valence-electron chi connectivity index (χ3n) is 3.92. The molecule has 19 heavy (non-hydrogen) atoms. The van der Waals surface area contributed by atoms with Gasteiger partial charge in [-0.25, -0.2) is 4.68 Å². The van der Waals surface area contributed by atoms with Crippen molar-refractivity contribution in [2.24, 2.45) is 5.73 Å². The summed E-state index contributed by atoms with van der Waals surface area (Å²) >= 11 is 0.